The molecule has 0 saturated carbocycles. The van der Waals surface area contributed by atoms with Gasteiger partial charge in [0.25, 0.3) is 5.91 Å². The maximum Gasteiger partial charge on any atom is 0.337 e. The van der Waals surface area contributed by atoms with Crippen molar-refractivity contribution in [2.75, 3.05) is 32.1 Å². The van der Waals surface area contributed by atoms with Crippen LogP contribution < -0.4 is 5.32 Å². The summed E-state index contributed by atoms with van der Waals surface area (Å²) in [5.41, 5.74) is 2.35. The van der Waals surface area contributed by atoms with Gasteiger partial charge in [0.05, 0.1) is 37.1 Å². The second-order valence-corrected chi connectivity index (χ2v) is 12.0. The van der Waals surface area contributed by atoms with Crippen LogP contribution in [0.5, 0.6) is 0 Å². The van der Waals surface area contributed by atoms with Gasteiger partial charge in [-0.2, -0.15) is 0 Å². The first kappa shape index (κ1) is 21.6. The number of esters is 1. The Labute approximate surface area is 163 Å². The zero-order valence-corrected chi connectivity index (χ0v) is 17.2. The number of anilines is 1. The first-order valence-corrected chi connectivity index (χ1v) is 12.1. The van der Waals surface area contributed by atoms with Crippen LogP contribution in [0.2, 0.25) is 19.6 Å². The minimum atomic E-state index is -1.77. The Kier molecular flexibility index (Phi) is 6.59. The van der Waals surface area contributed by atoms with Crippen LogP contribution in [-0.4, -0.2) is 56.8 Å². The van der Waals surface area contributed by atoms with Crippen LogP contribution in [0.25, 0.3) is 0 Å². The number of carbonyl (C=O) groups excluding carboxylic acids is 2. The smallest absolute Gasteiger partial charge is 0.337 e. The Hall–Kier alpha value is -2.70. The summed E-state index contributed by atoms with van der Waals surface area (Å²) in [5, 5.41) is 11.6. The molecule has 9 heteroatoms. The predicted octanol–water partition coefficient (Wildman–Crippen LogP) is 1.87. The topological polar surface area (TPSA) is 78.9 Å². The highest BCUT2D eigenvalue weighted by molar-refractivity contribution is 6.83. The fourth-order valence-electron chi connectivity index (χ4n) is 2.48. The summed E-state index contributed by atoms with van der Waals surface area (Å²) in [7, 11) is -0.618. The monoisotopic (exact) mass is 408 g/mol. The highest BCUT2D eigenvalue weighted by Gasteiger charge is 2.35. The van der Waals surface area contributed by atoms with Crippen molar-refractivity contribution in [3.8, 4) is 11.5 Å². The van der Waals surface area contributed by atoms with Crippen molar-refractivity contribution < 1.29 is 28.2 Å². The number of amides is 1. The number of aliphatic hydroxyl groups is 1. The van der Waals surface area contributed by atoms with Crippen LogP contribution in [-0.2, 0) is 14.3 Å². The molecule has 0 fully saturated rings. The average molecular weight is 408 g/mol. The Morgan fingerprint density at radius 1 is 1.32 bits per heavy atom. The predicted molar refractivity (Wildman–Crippen MR) is 103 cm³/mol. The molecular weight excluding hydrogens is 386 g/mol. The van der Waals surface area contributed by atoms with Gasteiger partial charge in [-0.1, -0.05) is 25.6 Å². The highest BCUT2D eigenvalue weighted by atomic mass is 28.3. The molecule has 0 atom stereocenters. The third-order valence-corrected chi connectivity index (χ3v) is 4.74. The Balaban J connectivity index is 2.39. The lowest BCUT2D eigenvalue weighted by Crippen LogP contribution is -2.31. The van der Waals surface area contributed by atoms with Crippen molar-refractivity contribution in [2.24, 2.45) is 0 Å². The molecule has 2 N–H and O–H groups in total. The van der Waals surface area contributed by atoms with Gasteiger partial charge in [-0.05, 0) is 12.1 Å². The van der Waals surface area contributed by atoms with E-state index < -0.39 is 31.6 Å². The van der Waals surface area contributed by atoms with E-state index in [0.717, 1.165) is 7.11 Å². The maximum absolute atomic E-state index is 14.5. The van der Waals surface area contributed by atoms with E-state index >= 15 is 0 Å². The lowest BCUT2D eigenvalue weighted by molar-refractivity contribution is -0.136. The van der Waals surface area contributed by atoms with Gasteiger partial charge in [-0.25, -0.2) is 13.6 Å². The maximum atomic E-state index is 14.5. The van der Waals surface area contributed by atoms with Crippen LogP contribution in [0.15, 0.2) is 23.4 Å². The van der Waals surface area contributed by atoms with E-state index in [9.17, 15) is 18.4 Å². The summed E-state index contributed by atoms with van der Waals surface area (Å²) in [5.74, 6) is -1.05. The number of halogens is 2. The lowest BCUT2D eigenvalue weighted by Gasteiger charge is -2.15. The molecule has 0 aromatic heterocycles. The molecule has 150 valence electrons. The average Bonchev–Trinajstić information content (AvgIpc) is 2.93. The molecule has 0 spiro atoms. The summed E-state index contributed by atoms with van der Waals surface area (Å²) in [6, 6.07) is 2.58. The number of aliphatic hydroxyl groups excluding tert-OH is 1. The molecule has 2 rings (SSSR count). The number of methoxy groups -OCH3 is 1. The normalized spacial score (nSPS) is 14.1. The molecule has 6 nitrogen and oxygen atoms in total. The number of nitrogens with zero attached hydrogens (tertiary/aromatic N) is 1. The van der Waals surface area contributed by atoms with E-state index in [1.165, 1.54) is 17.0 Å². The molecule has 1 heterocycles. The van der Waals surface area contributed by atoms with Gasteiger partial charge in [0.1, 0.15) is 13.8 Å². The fourth-order valence-corrected chi connectivity index (χ4v) is 2.99. The van der Waals surface area contributed by atoms with E-state index in [2.05, 4.69) is 21.5 Å². The molecule has 1 aliphatic rings. The van der Waals surface area contributed by atoms with Crippen molar-refractivity contribution in [1.29, 1.82) is 0 Å². The second-order valence-electron chi connectivity index (χ2n) is 7.21. The first-order valence-electron chi connectivity index (χ1n) is 8.59. The van der Waals surface area contributed by atoms with Gasteiger partial charge in [-0.3, -0.25) is 4.79 Å². The summed E-state index contributed by atoms with van der Waals surface area (Å²) < 4.78 is 33.6. The molecule has 0 aliphatic carbocycles. The van der Waals surface area contributed by atoms with E-state index in [1.54, 1.807) is 0 Å². The molecular formula is C19H22F2N2O4Si. The van der Waals surface area contributed by atoms with Gasteiger partial charge in [0.2, 0.25) is 0 Å². The van der Waals surface area contributed by atoms with E-state index in [4.69, 9.17) is 5.11 Å². The summed E-state index contributed by atoms with van der Waals surface area (Å²) in [6.07, 6.45) is 0. The molecule has 28 heavy (non-hydrogen) atoms. The molecule has 0 saturated heterocycles. The molecule has 1 amide bonds. The van der Waals surface area contributed by atoms with Gasteiger partial charge in [0.15, 0.2) is 11.6 Å². The Bertz CT molecular complexity index is 898. The fraction of sp³-hybridized carbons (Fsp3) is 0.368. The van der Waals surface area contributed by atoms with Gasteiger partial charge >= 0.3 is 5.97 Å². The van der Waals surface area contributed by atoms with Crippen molar-refractivity contribution >= 4 is 25.6 Å². The van der Waals surface area contributed by atoms with E-state index in [1.807, 2.05) is 19.6 Å². The molecule has 0 radical (unpaired) electrons. The number of ether oxygens (including phenoxy) is 1. The summed E-state index contributed by atoms with van der Waals surface area (Å²) in [4.78, 5) is 25.6. The number of hydrogen-bond acceptors (Lipinski definition) is 5. The third kappa shape index (κ3) is 4.77. The van der Waals surface area contributed by atoms with Gasteiger partial charge in [-0.15, -0.1) is 5.54 Å². The van der Waals surface area contributed by atoms with Gasteiger partial charge < -0.3 is 20.1 Å². The van der Waals surface area contributed by atoms with Crippen LogP contribution in [0.1, 0.15) is 5.56 Å². The number of hydrogen-bond donors (Lipinski definition) is 2. The van der Waals surface area contributed by atoms with E-state index in [-0.39, 0.29) is 42.2 Å². The van der Waals surface area contributed by atoms with Crippen molar-refractivity contribution in [3.05, 3.63) is 40.6 Å². The standard InChI is InChI=1S/C19H22F2N2O4Si/c1-27-19(26)13-11-23(8-9-24)18(25)17(13)22-14-6-5-12(15(20)16(14)21)7-10-28(2,3)4/h5-6,22,24H,8-9,11H2,1-4H3. The number of benzene rings is 1. The largest absolute Gasteiger partial charge is 0.466 e. The zero-order chi connectivity index (χ0) is 21.1. The minimum Gasteiger partial charge on any atom is -0.466 e. The number of nitrogens with one attached hydrogen (secondary N) is 1. The summed E-state index contributed by atoms with van der Waals surface area (Å²) in [6.45, 7) is 5.53. The van der Waals surface area contributed by atoms with Crippen LogP contribution >= 0.6 is 0 Å². The third-order valence-electron chi connectivity index (χ3n) is 3.87. The van der Waals surface area contributed by atoms with Crippen LogP contribution in [0, 0.1) is 23.1 Å². The van der Waals surface area contributed by atoms with Crippen molar-refractivity contribution in [1.82, 2.24) is 4.90 Å². The highest BCUT2D eigenvalue weighted by Crippen LogP contribution is 2.26. The zero-order valence-electron chi connectivity index (χ0n) is 16.2. The van der Waals surface area contributed by atoms with Crippen LogP contribution in [0.3, 0.4) is 0 Å². The molecule has 1 aromatic rings. The van der Waals surface area contributed by atoms with E-state index in [0.29, 0.717) is 0 Å². The summed E-state index contributed by atoms with van der Waals surface area (Å²) >= 11 is 0. The quantitative estimate of drug-likeness (QED) is 0.442. The molecule has 1 aromatic carbocycles. The van der Waals surface area contributed by atoms with Crippen molar-refractivity contribution in [3.63, 3.8) is 0 Å². The van der Waals surface area contributed by atoms with Gasteiger partial charge in [0, 0.05) is 6.54 Å². The number of β-amino-alcohol motifs (C(OH)–C–C–N with tert-alkyl or cyclic N) is 1. The van der Waals surface area contributed by atoms with Crippen molar-refractivity contribution in [2.45, 2.75) is 19.6 Å². The number of carbonyl (C=O) groups is 2. The lowest BCUT2D eigenvalue weighted by atomic mass is 10.1. The number of rotatable bonds is 5. The Morgan fingerprint density at radius 2 is 2.00 bits per heavy atom. The van der Waals surface area contributed by atoms with Crippen LogP contribution in [0.4, 0.5) is 14.5 Å². The molecule has 1 aliphatic heterocycles. The Morgan fingerprint density at radius 3 is 2.57 bits per heavy atom. The molecule has 0 bridgehead atoms. The SMILES string of the molecule is COC(=O)C1=C(Nc2ccc(C#C[Si](C)(C)C)c(F)c2F)C(=O)N(CCO)C1. The minimum absolute atomic E-state index is 0.00737. The molecule has 0 unspecified atom stereocenters. The second kappa shape index (κ2) is 8.54. The first-order chi connectivity index (χ1) is 13.1.